The van der Waals surface area contributed by atoms with Crippen LogP contribution in [0.25, 0.3) is 33.5 Å². The summed E-state index contributed by atoms with van der Waals surface area (Å²) < 4.78 is 14.5. The van der Waals surface area contributed by atoms with Crippen molar-refractivity contribution in [3.05, 3.63) is 59.6 Å². The average molecular weight is 451 g/mol. The number of nitrogens with one attached hydrogen (secondary N) is 1. The van der Waals surface area contributed by atoms with Crippen LogP contribution in [0.5, 0.6) is 0 Å². The first kappa shape index (κ1) is 20.8. The number of halogens is 2. The largest absolute Gasteiger partial charge is 0.370 e. The number of benzene rings is 1. The monoisotopic (exact) mass is 450 g/mol. The Morgan fingerprint density at radius 2 is 1.88 bits per heavy atom. The van der Waals surface area contributed by atoms with E-state index in [4.69, 9.17) is 16.6 Å². The highest BCUT2D eigenvalue weighted by Crippen LogP contribution is 2.33. The van der Waals surface area contributed by atoms with Crippen LogP contribution in [0.4, 0.5) is 10.1 Å². The zero-order chi connectivity index (χ0) is 22.2. The van der Waals surface area contributed by atoms with Gasteiger partial charge in [-0.25, -0.2) is 9.37 Å². The molecule has 6 nitrogen and oxygen atoms in total. The minimum atomic E-state index is -0.381. The molecular weight excluding hydrogens is 427 g/mol. The maximum Gasteiger partial charge on any atom is 0.132 e. The third-order valence-corrected chi connectivity index (χ3v) is 6.42. The van der Waals surface area contributed by atoms with Crippen molar-refractivity contribution in [1.29, 1.82) is 0 Å². The molecule has 3 aromatic heterocycles. The zero-order valence-electron chi connectivity index (χ0n) is 18.0. The maximum atomic E-state index is 14.5. The third kappa shape index (κ3) is 3.94. The Morgan fingerprint density at radius 1 is 1.06 bits per heavy atom. The molecule has 1 aliphatic rings. The summed E-state index contributed by atoms with van der Waals surface area (Å²) in [6.07, 6.45) is 5.90. The third-order valence-electron chi connectivity index (χ3n) is 6.18. The molecule has 32 heavy (non-hydrogen) atoms. The van der Waals surface area contributed by atoms with E-state index in [0.29, 0.717) is 33.6 Å². The van der Waals surface area contributed by atoms with Crippen LogP contribution in [0.2, 0.25) is 5.02 Å². The fraction of sp³-hybridized carbons (Fsp3) is 0.292. The van der Waals surface area contributed by atoms with Crippen molar-refractivity contribution in [2.24, 2.45) is 0 Å². The number of H-pyrrole nitrogens is 1. The number of pyridine rings is 2. The molecule has 0 saturated carbocycles. The fourth-order valence-corrected chi connectivity index (χ4v) is 4.50. The Hall–Kier alpha value is -3.03. The van der Waals surface area contributed by atoms with Crippen molar-refractivity contribution in [1.82, 2.24) is 25.1 Å². The van der Waals surface area contributed by atoms with E-state index < -0.39 is 0 Å². The molecule has 0 aliphatic carbocycles. The number of hydrogen-bond donors (Lipinski definition) is 1. The van der Waals surface area contributed by atoms with E-state index in [9.17, 15) is 4.39 Å². The van der Waals surface area contributed by atoms with E-state index >= 15 is 0 Å². The summed E-state index contributed by atoms with van der Waals surface area (Å²) in [6.45, 7) is 1.99. The molecule has 8 heteroatoms. The molecule has 4 heterocycles. The second kappa shape index (κ2) is 8.48. The lowest BCUT2D eigenvalue weighted by molar-refractivity contribution is 0.249. The van der Waals surface area contributed by atoms with Gasteiger partial charge in [-0.15, -0.1) is 0 Å². The van der Waals surface area contributed by atoms with Crippen molar-refractivity contribution in [2.45, 2.75) is 18.9 Å². The van der Waals surface area contributed by atoms with Gasteiger partial charge < -0.3 is 9.80 Å². The highest BCUT2D eigenvalue weighted by Gasteiger charge is 2.21. The zero-order valence-corrected chi connectivity index (χ0v) is 18.8. The van der Waals surface area contributed by atoms with Crippen molar-refractivity contribution < 1.29 is 4.39 Å². The maximum absolute atomic E-state index is 14.5. The van der Waals surface area contributed by atoms with Gasteiger partial charge in [0.15, 0.2) is 0 Å². The summed E-state index contributed by atoms with van der Waals surface area (Å²) in [7, 11) is 4.28. The van der Waals surface area contributed by atoms with Crippen LogP contribution in [0.1, 0.15) is 12.8 Å². The van der Waals surface area contributed by atoms with Gasteiger partial charge in [-0.2, -0.15) is 5.10 Å². The van der Waals surface area contributed by atoms with Crippen molar-refractivity contribution in [3.8, 4) is 22.5 Å². The molecule has 0 amide bonds. The summed E-state index contributed by atoms with van der Waals surface area (Å²) in [5.74, 6) is -0.381. The minimum Gasteiger partial charge on any atom is -0.370 e. The van der Waals surface area contributed by atoms with Gasteiger partial charge in [0.25, 0.3) is 0 Å². The van der Waals surface area contributed by atoms with E-state index in [-0.39, 0.29) is 5.82 Å². The predicted octanol–water partition coefficient (Wildman–Crippen LogP) is 5.01. The summed E-state index contributed by atoms with van der Waals surface area (Å²) in [4.78, 5) is 14.1. The van der Waals surface area contributed by atoms with E-state index in [1.165, 1.54) is 12.1 Å². The summed E-state index contributed by atoms with van der Waals surface area (Å²) in [5.41, 5.74) is 4.93. The van der Waals surface area contributed by atoms with Crippen molar-refractivity contribution in [2.75, 3.05) is 32.1 Å². The molecule has 1 aliphatic heterocycles. The molecule has 0 atom stereocenters. The number of piperidine rings is 1. The Bertz CT molecular complexity index is 1260. The highest BCUT2D eigenvalue weighted by molar-refractivity contribution is 6.30. The number of rotatable bonds is 4. The van der Waals surface area contributed by atoms with E-state index in [1.54, 1.807) is 12.3 Å². The molecule has 1 N–H and O–H groups in total. The number of aromatic nitrogens is 4. The number of hydrogen-bond acceptors (Lipinski definition) is 5. The number of fused-ring (bicyclic) bond motifs is 1. The van der Waals surface area contributed by atoms with Gasteiger partial charge in [0.2, 0.25) is 0 Å². The first-order valence-electron chi connectivity index (χ1n) is 10.7. The fourth-order valence-electron chi connectivity index (χ4n) is 4.33. The van der Waals surface area contributed by atoms with Crippen molar-refractivity contribution in [3.63, 3.8) is 0 Å². The van der Waals surface area contributed by atoms with E-state index in [2.05, 4.69) is 45.1 Å². The van der Waals surface area contributed by atoms with E-state index in [0.717, 1.165) is 42.7 Å². The Labute approximate surface area is 191 Å². The lowest BCUT2D eigenvalue weighted by Crippen LogP contribution is -2.42. The Balaban J connectivity index is 1.48. The topological polar surface area (TPSA) is 60.9 Å². The first-order chi connectivity index (χ1) is 15.5. The summed E-state index contributed by atoms with van der Waals surface area (Å²) in [5, 5.41) is 7.56. The highest BCUT2D eigenvalue weighted by atomic mass is 35.5. The van der Waals surface area contributed by atoms with Gasteiger partial charge >= 0.3 is 0 Å². The molecule has 1 aromatic carbocycles. The Kier molecular flexibility index (Phi) is 5.53. The van der Waals surface area contributed by atoms with Crippen LogP contribution in [-0.2, 0) is 0 Å². The lowest BCUT2D eigenvalue weighted by Gasteiger charge is -2.36. The average Bonchev–Trinajstić information content (AvgIpc) is 3.29. The minimum absolute atomic E-state index is 0.339. The first-order valence-corrected chi connectivity index (χ1v) is 11.0. The second-order valence-electron chi connectivity index (χ2n) is 8.38. The van der Waals surface area contributed by atoms with Gasteiger partial charge in [0.1, 0.15) is 11.5 Å². The standard InChI is InChI=1S/C24H24ClFN6/c1-31(2)16-7-9-32(10-8-16)17-12-23-22(27-13-17)6-5-21(29-23)19-14-28-30-24(19)18-11-15(25)3-4-20(18)26/h3-6,11-14,16H,7-10H2,1-2H3,(H,28,30). The number of nitrogens with zero attached hydrogens (tertiary/aromatic N) is 5. The Morgan fingerprint density at radius 3 is 2.66 bits per heavy atom. The van der Waals surface area contributed by atoms with Crippen LogP contribution in [0.3, 0.4) is 0 Å². The number of aromatic amines is 1. The molecule has 164 valence electrons. The molecule has 1 saturated heterocycles. The normalized spacial score (nSPS) is 15.1. The summed E-state index contributed by atoms with van der Waals surface area (Å²) >= 11 is 6.09. The van der Waals surface area contributed by atoms with Crippen LogP contribution in [0, 0.1) is 5.82 Å². The molecule has 0 unspecified atom stereocenters. The van der Waals surface area contributed by atoms with Crippen molar-refractivity contribution >= 4 is 28.3 Å². The molecule has 0 radical (unpaired) electrons. The molecule has 0 bridgehead atoms. The second-order valence-corrected chi connectivity index (χ2v) is 8.82. The predicted molar refractivity (Wildman–Crippen MR) is 126 cm³/mol. The van der Waals surface area contributed by atoms with Gasteiger partial charge in [-0.1, -0.05) is 11.6 Å². The SMILES string of the molecule is CN(C)C1CCN(c2cnc3ccc(-c4c[nH]nc4-c4cc(Cl)ccc4F)nc3c2)CC1. The molecule has 0 spiro atoms. The summed E-state index contributed by atoms with van der Waals surface area (Å²) in [6, 6.07) is 11.0. The van der Waals surface area contributed by atoms with Gasteiger partial charge in [-0.05, 0) is 63.3 Å². The lowest BCUT2D eigenvalue weighted by atomic mass is 10.0. The number of anilines is 1. The molecular formula is C24H24ClFN6. The van der Waals surface area contributed by atoms with Crippen LogP contribution in [0.15, 0.2) is 48.8 Å². The smallest absolute Gasteiger partial charge is 0.132 e. The van der Waals surface area contributed by atoms with Gasteiger partial charge in [0, 0.05) is 41.5 Å². The van der Waals surface area contributed by atoms with Gasteiger partial charge in [-0.3, -0.25) is 10.1 Å². The van der Waals surface area contributed by atoms with E-state index in [1.807, 2.05) is 18.3 Å². The molecule has 1 fully saturated rings. The molecule has 4 aromatic rings. The van der Waals surface area contributed by atoms with Crippen LogP contribution < -0.4 is 4.90 Å². The van der Waals surface area contributed by atoms with Gasteiger partial charge in [0.05, 0.1) is 28.6 Å². The molecule has 5 rings (SSSR count). The van der Waals surface area contributed by atoms with Crippen LogP contribution >= 0.6 is 11.6 Å². The quantitative estimate of drug-likeness (QED) is 0.473. The van der Waals surface area contributed by atoms with Crippen LogP contribution in [-0.4, -0.2) is 58.3 Å².